The van der Waals surface area contributed by atoms with Crippen molar-refractivity contribution in [1.82, 2.24) is 5.32 Å². The molecule has 0 spiro atoms. The van der Waals surface area contributed by atoms with Crippen LogP contribution >= 0.6 is 0 Å². The summed E-state index contributed by atoms with van der Waals surface area (Å²) in [6.07, 6.45) is 3.32. The van der Waals surface area contributed by atoms with Crippen LogP contribution in [-0.4, -0.2) is 22.0 Å². The number of carbonyl (C=O) groups is 1. The summed E-state index contributed by atoms with van der Waals surface area (Å²) in [5, 5.41) is 22.9. The van der Waals surface area contributed by atoms with E-state index < -0.39 is 10.9 Å². The number of benzene rings is 1. The van der Waals surface area contributed by atoms with Crippen molar-refractivity contribution in [3.05, 3.63) is 39.9 Å². The Balaban J connectivity index is 1.85. The maximum Gasteiger partial charge on any atom is 0.306 e. The summed E-state index contributed by atoms with van der Waals surface area (Å²) >= 11 is 0. The van der Waals surface area contributed by atoms with Gasteiger partial charge in [0.2, 0.25) is 0 Å². The Hall–Kier alpha value is -1.95. The zero-order valence-electron chi connectivity index (χ0n) is 11.1. The first-order chi connectivity index (χ1) is 9.56. The number of nitrogens with zero attached hydrogens (tertiary/aromatic N) is 1. The fraction of sp³-hybridized carbons (Fsp3) is 0.500. The van der Waals surface area contributed by atoms with E-state index in [4.69, 9.17) is 5.11 Å². The van der Waals surface area contributed by atoms with Crippen LogP contribution in [-0.2, 0) is 11.3 Å². The van der Waals surface area contributed by atoms with E-state index in [-0.39, 0.29) is 17.6 Å². The molecule has 0 amide bonds. The number of carboxylic acid groups (broad SMARTS) is 1. The van der Waals surface area contributed by atoms with Crippen molar-refractivity contribution in [3.8, 4) is 0 Å². The first-order valence-corrected chi connectivity index (χ1v) is 6.76. The quantitative estimate of drug-likeness (QED) is 0.637. The zero-order chi connectivity index (χ0) is 14.5. The Morgan fingerprint density at radius 2 is 2.05 bits per heavy atom. The summed E-state index contributed by atoms with van der Waals surface area (Å²) in [6, 6.07) is 6.63. The molecule has 0 aromatic heterocycles. The number of nitro benzene ring substituents is 1. The molecule has 0 heterocycles. The molecule has 1 aromatic carbocycles. The Morgan fingerprint density at radius 3 is 2.65 bits per heavy atom. The Kier molecular flexibility index (Phi) is 4.68. The van der Waals surface area contributed by atoms with E-state index in [0.29, 0.717) is 13.0 Å². The summed E-state index contributed by atoms with van der Waals surface area (Å²) in [6.45, 7) is 0.606. The molecule has 2 unspecified atom stereocenters. The molecular weight excluding hydrogens is 260 g/mol. The number of hydrogen-bond acceptors (Lipinski definition) is 4. The van der Waals surface area contributed by atoms with Gasteiger partial charge in [-0.2, -0.15) is 0 Å². The van der Waals surface area contributed by atoms with Gasteiger partial charge in [-0.05, 0) is 24.8 Å². The molecule has 6 nitrogen and oxygen atoms in total. The van der Waals surface area contributed by atoms with Gasteiger partial charge in [-0.3, -0.25) is 14.9 Å². The minimum atomic E-state index is -0.716. The molecular formula is C14H18N2O4. The maximum absolute atomic E-state index is 11.0. The lowest BCUT2D eigenvalue weighted by atomic mass is 9.86. The van der Waals surface area contributed by atoms with Crippen molar-refractivity contribution in [1.29, 1.82) is 0 Å². The molecule has 1 aromatic rings. The van der Waals surface area contributed by atoms with Crippen LogP contribution in [0.3, 0.4) is 0 Å². The lowest BCUT2D eigenvalue weighted by Gasteiger charge is -2.27. The van der Waals surface area contributed by atoms with Gasteiger partial charge in [-0.15, -0.1) is 0 Å². The number of carboxylic acids is 1. The number of hydrogen-bond donors (Lipinski definition) is 2. The fourth-order valence-electron chi connectivity index (χ4n) is 2.60. The second kappa shape index (κ2) is 6.47. The van der Waals surface area contributed by atoms with E-state index in [2.05, 4.69) is 5.32 Å². The smallest absolute Gasteiger partial charge is 0.306 e. The van der Waals surface area contributed by atoms with Crippen LogP contribution in [0.5, 0.6) is 0 Å². The average molecular weight is 278 g/mol. The number of nitrogens with one attached hydrogen (secondary N) is 1. The van der Waals surface area contributed by atoms with Crippen LogP contribution in [0.2, 0.25) is 0 Å². The molecule has 0 aliphatic heterocycles. The molecule has 0 radical (unpaired) electrons. The molecule has 2 atom stereocenters. The molecule has 1 aliphatic rings. The summed E-state index contributed by atoms with van der Waals surface area (Å²) in [5.74, 6) is -0.968. The van der Waals surface area contributed by atoms with Crippen molar-refractivity contribution in [3.63, 3.8) is 0 Å². The van der Waals surface area contributed by atoms with Crippen molar-refractivity contribution >= 4 is 11.7 Å². The number of non-ortho nitro benzene ring substituents is 1. The third kappa shape index (κ3) is 3.77. The third-order valence-electron chi connectivity index (χ3n) is 3.77. The number of rotatable bonds is 5. The Labute approximate surface area is 117 Å². The molecule has 2 rings (SSSR count). The second-order valence-corrected chi connectivity index (χ2v) is 5.20. The van der Waals surface area contributed by atoms with E-state index in [1.54, 1.807) is 12.1 Å². The van der Waals surface area contributed by atoms with Crippen molar-refractivity contribution in [2.75, 3.05) is 0 Å². The van der Waals surface area contributed by atoms with Crippen LogP contribution in [0.4, 0.5) is 5.69 Å². The van der Waals surface area contributed by atoms with Gasteiger partial charge in [-0.1, -0.05) is 18.6 Å². The molecule has 2 N–H and O–H groups in total. The molecule has 1 saturated carbocycles. The van der Waals surface area contributed by atoms with Crippen LogP contribution < -0.4 is 5.32 Å². The summed E-state index contributed by atoms with van der Waals surface area (Å²) in [7, 11) is 0. The van der Waals surface area contributed by atoms with Crippen LogP contribution in [0, 0.1) is 16.0 Å². The van der Waals surface area contributed by atoms with Crippen LogP contribution in [0.25, 0.3) is 0 Å². The summed E-state index contributed by atoms with van der Waals surface area (Å²) in [4.78, 5) is 21.1. The van der Waals surface area contributed by atoms with Gasteiger partial charge in [0, 0.05) is 24.7 Å². The SMILES string of the molecule is O=C(O)C1CCCC(NCc2ccc([N+](=O)[O-])cc2)C1. The molecule has 0 saturated heterocycles. The highest BCUT2D eigenvalue weighted by Gasteiger charge is 2.26. The van der Waals surface area contributed by atoms with Crippen LogP contribution in [0.1, 0.15) is 31.2 Å². The minimum absolute atomic E-state index is 0.0809. The van der Waals surface area contributed by atoms with Gasteiger partial charge >= 0.3 is 5.97 Å². The highest BCUT2D eigenvalue weighted by Crippen LogP contribution is 2.24. The van der Waals surface area contributed by atoms with Gasteiger partial charge in [-0.25, -0.2) is 0 Å². The van der Waals surface area contributed by atoms with E-state index in [1.807, 2.05) is 0 Å². The topological polar surface area (TPSA) is 92.5 Å². The lowest BCUT2D eigenvalue weighted by Crippen LogP contribution is -2.36. The van der Waals surface area contributed by atoms with Gasteiger partial charge in [0.25, 0.3) is 5.69 Å². The maximum atomic E-state index is 11.0. The van der Waals surface area contributed by atoms with Crippen molar-refractivity contribution < 1.29 is 14.8 Å². The minimum Gasteiger partial charge on any atom is -0.481 e. The molecule has 1 aliphatic carbocycles. The first-order valence-electron chi connectivity index (χ1n) is 6.76. The number of aliphatic carboxylic acids is 1. The first kappa shape index (κ1) is 14.5. The van der Waals surface area contributed by atoms with Crippen molar-refractivity contribution in [2.24, 2.45) is 5.92 Å². The zero-order valence-corrected chi connectivity index (χ0v) is 11.1. The molecule has 6 heteroatoms. The third-order valence-corrected chi connectivity index (χ3v) is 3.77. The monoisotopic (exact) mass is 278 g/mol. The molecule has 20 heavy (non-hydrogen) atoms. The average Bonchev–Trinajstić information content (AvgIpc) is 2.46. The van der Waals surface area contributed by atoms with Gasteiger partial charge in [0.05, 0.1) is 10.8 Å². The predicted molar refractivity (Wildman–Crippen MR) is 73.3 cm³/mol. The molecule has 0 bridgehead atoms. The highest BCUT2D eigenvalue weighted by molar-refractivity contribution is 5.70. The fourth-order valence-corrected chi connectivity index (χ4v) is 2.60. The Morgan fingerprint density at radius 1 is 1.35 bits per heavy atom. The normalized spacial score (nSPS) is 22.4. The standard InChI is InChI=1S/C14H18N2O4/c17-14(18)11-2-1-3-12(8-11)15-9-10-4-6-13(7-5-10)16(19)20/h4-7,11-12,15H,1-3,8-9H2,(H,17,18). The van der Waals surface area contributed by atoms with Gasteiger partial charge < -0.3 is 10.4 Å². The van der Waals surface area contributed by atoms with Gasteiger partial charge in [0.1, 0.15) is 0 Å². The Bertz CT molecular complexity index is 486. The van der Waals surface area contributed by atoms with Crippen molar-refractivity contribution in [2.45, 2.75) is 38.3 Å². The predicted octanol–water partition coefficient (Wildman–Crippen LogP) is 2.33. The lowest BCUT2D eigenvalue weighted by molar-refractivity contribution is -0.384. The highest BCUT2D eigenvalue weighted by atomic mass is 16.6. The molecule has 108 valence electrons. The van der Waals surface area contributed by atoms with Gasteiger partial charge in [0.15, 0.2) is 0 Å². The summed E-state index contributed by atoms with van der Waals surface area (Å²) < 4.78 is 0. The van der Waals surface area contributed by atoms with E-state index in [0.717, 1.165) is 24.8 Å². The summed E-state index contributed by atoms with van der Waals surface area (Å²) in [5.41, 5.74) is 1.05. The molecule has 1 fully saturated rings. The van der Waals surface area contributed by atoms with Crippen LogP contribution in [0.15, 0.2) is 24.3 Å². The van der Waals surface area contributed by atoms with E-state index in [1.165, 1.54) is 12.1 Å². The van der Waals surface area contributed by atoms with E-state index in [9.17, 15) is 14.9 Å². The number of nitro groups is 1. The second-order valence-electron chi connectivity index (χ2n) is 5.20. The largest absolute Gasteiger partial charge is 0.481 e. The van der Waals surface area contributed by atoms with E-state index >= 15 is 0 Å².